The summed E-state index contributed by atoms with van der Waals surface area (Å²) >= 11 is 0. The monoisotopic (exact) mass is 241 g/mol. The number of hydrogen-bond acceptors (Lipinski definition) is 6. The summed E-state index contributed by atoms with van der Waals surface area (Å²) in [6, 6.07) is 0.139. The van der Waals surface area contributed by atoms with E-state index in [2.05, 4.69) is 15.5 Å². The molecule has 1 heterocycles. The molecule has 7 heteroatoms. The quantitative estimate of drug-likeness (QED) is 0.728. The molecule has 3 N–H and O–H groups in total. The van der Waals surface area contributed by atoms with Gasteiger partial charge in [0.2, 0.25) is 11.8 Å². The average Bonchev–Trinajstić information content (AvgIpc) is 2.66. The smallest absolute Gasteiger partial charge is 0.322 e. The van der Waals surface area contributed by atoms with Gasteiger partial charge in [0.1, 0.15) is 0 Å². The fraction of sp³-hybridized carbons (Fsp3) is 0.700. The SMILES string of the molecule is CC(C)c1nnc(NC(=O)CN(C)CCN)o1. The van der Waals surface area contributed by atoms with Crippen molar-refractivity contribution in [2.45, 2.75) is 19.8 Å². The molecule has 0 aliphatic heterocycles. The average molecular weight is 241 g/mol. The summed E-state index contributed by atoms with van der Waals surface area (Å²) in [5.41, 5.74) is 5.38. The van der Waals surface area contributed by atoms with Crippen LogP contribution in [-0.2, 0) is 4.79 Å². The Hall–Kier alpha value is -1.47. The number of anilines is 1. The maximum Gasteiger partial charge on any atom is 0.322 e. The van der Waals surface area contributed by atoms with Gasteiger partial charge in [-0.25, -0.2) is 0 Å². The van der Waals surface area contributed by atoms with Crippen LogP contribution in [0.15, 0.2) is 4.42 Å². The molecule has 1 aromatic heterocycles. The lowest BCUT2D eigenvalue weighted by molar-refractivity contribution is -0.117. The highest BCUT2D eigenvalue weighted by Gasteiger charge is 2.12. The number of carbonyl (C=O) groups excluding carboxylic acids is 1. The molecule has 0 bridgehead atoms. The van der Waals surface area contributed by atoms with Gasteiger partial charge in [-0.3, -0.25) is 15.0 Å². The van der Waals surface area contributed by atoms with Crippen molar-refractivity contribution < 1.29 is 9.21 Å². The molecule has 0 radical (unpaired) electrons. The van der Waals surface area contributed by atoms with Gasteiger partial charge < -0.3 is 10.2 Å². The van der Waals surface area contributed by atoms with Crippen LogP contribution in [0.3, 0.4) is 0 Å². The van der Waals surface area contributed by atoms with Gasteiger partial charge in [0.25, 0.3) is 0 Å². The van der Waals surface area contributed by atoms with Crippen LogP contribution in [0.2, 0.25) is 0 Å². The van der Waals surface area contributed by atoms with E-state index in [1.807, 2.05) is 25.8 Å². The lowest BCUT2D eigenvalue weighted by atomic mass is 10.2. The van der Waals surface area contributed by atoms with Gasteiger partial charge in [-0.15, -0.1) is 5.10 Å². The Balaban J connectivity index is 2.44. The number of amides is 1. The van der Waals surface area contributed by atoms with E-state index in [4.69, 9.17) is 10.2 Å². The summed E-state index contributed by atoms with van der Waals surface area (Å²) in [6.07, 6.45) is 0. The lowest BCUT2D eigenvalue weighted by Crippen LogP contribution is -2.33. The van der Waals surface area contributed by atoms with Crippen molar-refractivity contribution in [1.82, 2.24) is 15.1 Å². The highest BCUT2D eigenvalue weighted by atomic mass is 16.4. The molecule has 1 aromatic rings. The third kappa shape index (κ3) is 4.49. The first kappa shape index (κ1) is 13.6. The molecule has 7 nitrogen and oxygen atoms in total. The molecule has 0 aliphatic carbocycles. The van der Waals surface area contributed by atoms with Gasteiger partial charge >= 0.3 is 6.01 Å². The van der Waals surface area contributed by atoms with Crippen LogP contribution in [0.25, 0.3) is 0 Å². The van der Waals surface area contributed by atoms with Crippen molar-refractivity contribution in [1.29, 1.82) is 0 Å². The Morgan fingerprint density at radius 2 is 2.24 bits per heavy atom. The van der Waals surface area contributed by atoms with Crippen LogP contribution in [0.1, 0.15) is 25.7 Å². The molecule has 0 saturated heterocycles. The maximum atomic E-state index is 11.6. The topological polar surface area (TPSA) is 97.3 Å². The molecule has 1 amide bonds. The van der Waals surface area contributed by atoms with Crippen molar-refractivity contribution in [3.8, 4) is 0 Å². The largest absolute Gasteiger partial charge is 0.408 e. The van der Waals surface area contributed by atoms with Gasteiger partial charge in [0.15, 0.2) is 0 Å². The van der Waals surface area contributed by atoms with Gasteiger partial charge in [-0.05, 0) is 7.05 Å². The molecule has 0 saturated carbocycles. The molecule has 1 rings (SSSR count). The lowest BCUT2D eigenvalue weighted by Gasteiger charge is -2.13. The van der Waals surface area contributed by atoms with Crippen LogP contribution in [0, 0.1) is 0 Å². The summed E-state index contributed by atoms with van der Waals surface area (Å²) in [5.74, 6) is 0.462. The molecule has 0 aliphatic rings. The molecule has 96 valence electrons. The predicted octanol–water partition coefficient (Wildman–Crippen LogP) is 0.0220. The second kappa shape index (κ2) is 6.31. The Morgan fingerprint density at radius 3 is 2.76 bits per heavy atom. The molecular weight excluding hydrogens is 222 g/mol. The molecule has 0 aromatic carbocycles. The van der Waals surface area contributed by atoms with Gasteiger partial charge in [-0.1, -0.05) is 18.9 Å². The van der Waals surface area contributed by atoms with Crippen LogP contribution < -0.4 is 11.1 Å². The van der Waals surface area contributed by atoms with Crippen molar-refractivity contribution in [3.05, 3.63) is 5.89 Å². The predicted molar refractivity (Wildman–Crippen MR) is 63.6 cm³/mol. The summed E-state index contributed by atoms with van der Waals surface area (Å²) in [4.78, 5) is 13.4. The van der Waals surface area contributed by atoms with Crippen molar-refractivity contribution in [2.75, 3.05) is 32.0 Å². The second-order valence-corrected chi connectivity index (χ2v) is 4.17. The zero-order chi connectivity index (χ0) is 12.8. The first-order chi connectivity index (χ1) is 8.02. The van der Waals surface area contributed by atoms with Gasteiger partial charge in [-0.2, -0.15) is 0 Å². The van der Waals surface area contributed by atoms with E-state index in [0.29, 0.717) is 19.0 Å². The molecule has 0 fully saturated rings. The highest BCUT2D eigenvalue weighted by Crippen LogP contribution is 2.14. The van der Waals surface area contributed by atoms with E-state index in [0.717, 1.165) is 0 Å². The zero-order valence-corrected chi connectivity index (χ0v) is 10.4. The fourth-order valence-corrected chi connectivity index (χ4v) is 1.22. The second-order valence-electron chi connectivity index (χ2n) is 4.17. The summed E-state index contributed by atoms with van der Waals surface area (Å²) < 4.78 is 5.26. The number of aromatic nitrogens is 2. The van der Waals surface area contributed by atoms with E-state index in [1.165, 1.54) is 0 Å². The van der Waals surface area contributed by atoms with E-state index in [-0.39, 0.29) is 24.4 Å². The normalized spacial score (nSPS) is 11.2. The number of likely N-dealkylation sites (N-methyl/N-ethyl adjacent to an activating group) is 1. The summed E-state index contributed by atoms with van der Waals surface area (Å²) in [6.45, 7) is 5.30. The first-order valence-corrected chi connectivity index (χ1v) is 5.54. The Bertz CT molecular complexity index is 363. The molecule has 0 atom stereocenters. The van der Waals surface area contributed by atoms with Crippen molar-refractivity contribution >= 4 is 11.9 Å². The fourth-order valence-electron chi connectivity index (χ4n) is 1.22. The number of carbonyl (C=O) groups is 1. The minimum Gasteiger partial charge on any atom is -0.408 e. The first-order valence-electron chi connectivity index (χ1n) is 5.54. The standard InChI is InChI=1S/C10H19N5O2/c1-7(2)9-13-14-10(17-9)12-8(16)6-15(3)5-4-11/h7H,4-6,11H2,1-3H3,(H,12,14,16). The van der Waals surface area contributed by atoms with Crippen LogP contribution >= 0.6 is 0 Å². The molecule has 0 spiro atoms. The van der Waals surface area contributed by atoms with Crippen molar-refractivity contribution in [3.63, 3.8) is 0 Å². The minimum absolute atomic E-state index is 0.139. The molecular formula is C10H19N5O2. The maximum absolute atomic E-state index is 11.6. The van der Waals surface area contributed by atoms with Crippen LogP contribution in [0.5, 0.6) is 0 Å². The molecule has 0 unspecified atom stereocenters. The van der Waals surface area contributed by atoms with E-state index >= 15 is 0 Å². The zero-order valence-electron chi connectivity index (χ0n) is 10.4. The van der Waals surface area contributed by atoms with Crippen molar-refractivity contribution in [2.24, 2.45) is 5.73 Å². The van der Waals surface area contributed by atoms with Gasteiger partial charge in [0, 0.05) is 19.0 Å². The van der Waals surface area contributed by atoms with Gasteiger partial charge in [0.05, 0.1) is 6.54 Å². The van der Waals surface area contributed by atoms with E-state index in [9.17, 15) is 4.79 Å². The number of nitrogens with zero attached hydrogens (tertiary/aromatic N) is 3. The number of rotatable bonds is 6. The molecule has 17 heavy (non-hydrogen) atoms. The third-order valence-corrected chi connectivity index (χ3v) is 2.11. The Morgan fingerprint density at radius 1 is 1.53 bits per heavy atom. The van der Waals surface area contributed by atoms with Crippen LogP contribution in [-0.4, -0.2) is 47.7 Å². The Kier molecular flexibility index (Phi) is 5.05. The third-order valence-electron chi connectivity index (χ3n) is 2.11. The summed E-state index contributed by atoms with van der Waals surface area (Å²) in [5, 5.41) is 10.1. The van der Waals surface area contributed by atoms with E-state index < -0.39 is 0 Å². The number of nitrogens with one attached hydrogen (secondary N) is 1. The summed E-state index contributed by atoms with van der Waals surface area (Å²) in [7, 11) is 1.82. The number of nitrogens with two attached hydrogens (primary N) is 1. The number of hydrogen-bond donors (Lipinski definition) is 2. The van der Waals surface area contributed by atoms with E-state index in [1.54, 1.807) is 0 Å². The van der Waals surface area contributed by atoms with Crippen LogP contribution in [0.4, 0.5) is 6.01 Å². The highest BCUT2D eigenvalue weighted by molar-refractivity contribution is 5.90. The Labute approximate surface area is 100 Å². The minimum atomic E-state index is -0.195.